The first-order chi connectivity index (χ1) is 12.2. The molecule has 3 aromatic rings. The molecule has 3 rings (SSSR count). The molecule has 0 bridgehead atoms. The molecule has 0 unspecified atom stereocenters. The van der Waals surface area contributed by atoms with Crippen LogP contribution in [0.2, 0.25) is 0 Å². The van der Waals surface area contributed by atoms with E-state index in [1.165, 1.54) is 0 Å². The normalized spacial score (nSPS) is 11.4. The van der Waals surface area contributed by atoms with Gasteiger partial charge in [0.25, 0.3) is 0 Å². The Hall–Kier alpha value is -3.15. The molecule has 1 aromatic carbocycles. The quantitative estimate of drug-likeness (QED) is 0.395. The molecule has 0 spiro atoms. The van der Waals surface area contributed by atoms with Gasteiger partial charge >= 0.3 is 0 Å². The van der Waals surface area contributed by atoms with Crippen LogP contribution in [0.25, 0.3) is 0 Å². The number of rotatable bonds is 6. The van der Waals surface area contributed by atoms with Crippen molar-refractivity contribution < 1.29 is 4.74 Å². The van der Waals surface area contributed by atoms with Crippen LogP contribution in [0.5, 0.6) is 5.75 Å². The van der Waals surface area contributed by atoms with Crippen LogP contribution >= 0.6 is 0 Å². The second-order valence-corrected chi connectivity index (χ2v) is 5.66. The molecule has 2 heterocycles. The highest BCUT2D eigenvalue weighted by atomic mass is 16.5. The highest BCUT2D eigenvalue weighted by Crippen LogP contribution is 2.20. The SMILES string of the molecule is CN(C)N=C(c1ccccc1OCCc1ccccn1)n1ccnc1. The monoisotopic (exact) mass is 335 g/mol. The molecule has 0 aliphatic heterocycles. The average Bonchev–Trinajstić information content (AvgIpc) is 3.15. The predicted octanol–water partition coefficient (Wildman–Crippen LogP) is 2.67. The number of hydrogen-bond acceptors (Lipinski definition) is 5. The molecule has 0 aliphatic carbocycles. The lowest BCUT2D eigenvalue weighted by Gasteiger charge is -2.15. The van der Waals surface area contributed by atoms with Crippen molar-refractivity contribution in [3.8, 4) is 5.75 Å². The molecule has 0 aliphatic rings. The third-order valence-electron chi connectivity index (χ3n) is 3.51. The molecule has 128 valence electrons. The van der Waals surface area contributed by atoms with E-state index in [4.69, 9.17) is 4.74 Å². The first kappa shape index (κ1) is 16.7. The molecule has 6 nitrogen and oxygen atoms in total. The largest absolute Gasteiger partial charge is 0.492 e. The van der Waals surface area contributed by atoms with Crippen molar-refractivity contribution in [2.24, 2.45) is 5.10 Å². The van der Waals surface area contributed by atoms with Crippen molar-refractivity contribution in [3.63, 3.8) is 0 Å². The third-order valence-corrected chi connectivity index (χ3v) is 3.51. The fraction of sp³-hybridized carbons (Fsp3) is 0.211. The zero-order valence-electron chi connectivity index (χ0n) is 14.4. The fourth-order valence-corrected chi connectivity index (χ4v) is 2.41. The lowest BCUT2D eigenvalue weighted by molar-refractivity contribution is 0.319. The van der Waals surface area contributed by atoms with Crippen LogP contribution in [0.15, 0.2) is 72.5 Å². The number of ether oxygens (including phenoxy) is 1. The second-order valence-electron chi connectivity index (χ2n) is 5.66. The summed E-state index contributed by atoms with van der Waals surface area (Å²) in [6, 6.07) is 13.8. The predicted molar refractivity (Wildman–Crippen MR) is 97.7 cm³/mol. The van der Waals surface area contributed by atoms with E-state index in [2.05, 4.69) is 15.1 Å². The Kier molecular flexibility index (Phi) is 5.41. The molecule has 0 radical (unpaired) electrons. The van der Waals surface area contributed by atoms with Gasteiger partial charge in [-0.15, -0.1) is 0 Å². The highest BCUT2D eigenvalue weighted by molar-refractivity contribution is 6.02. The second kappa shape index (κ2) is 8.10. The topological polar surface area (TPSA) is 55.5 Å². The van der Waals surface area contributed by atoms with E-state index >= 15 is 0 Å². The van der Waals surface area contributed by atoms with Crippen molar-refractivity contribution in [1.29, 1.82) is 0 Å². The van der Waals surface area contributed by atoms with E-state index in [0.717, 1.165) is 29.3 Å². The summed E-state index contributed by atoms with van der Waals surface area (Å²) >= 11 is 0. The smallest absolute Gasteiger partial charge is 0.168 e. The number of aromatic nitrogens is 3. The summed E-state index contributed by atoms with van der Waals surface area (Å²) in [7, 11) is 3.78. The summed E-state index contributed by atoms with van der Waals surface area (Å²) in [5.74, 6) is 1.55. The van der Waals surface area contributed by atoms with Crippen molar-refractivity contribution in [2.45, 2.75) is 6.42 Å². The number of hydrazone groups is 1. The van der Waals surface area contributed by atoms with Gasteiger partial charge in [0, 0.05) is 44.8 Å². The van der Waals surface area contributed by atoms with Crippen molar-refractivity contribution in [3.05, 3.63) is 78.6 Å². The summed E-state index contributed by atoms with van der Waals surface area (Å²) in [6.07, 6.45) is 7.88. The van der Waals surface area contributed by atoms with Gasteiger partial charge in [-0.05, 0) is 24.3 Å². The van der Waals surface area contributed by atoms with E-state index in [1.54, 1.807) is 23.7 Å². The molecular weight excluding hydrogens is 314 g/mol. The average molecular weight is 335 g/mol. The maximum atomic E-state index is 6.03. The molecule has 0 amide bonds. The van der Waals surface area contributed by atoms with Gasteiger partial charge in [-0.2, -0.15) is 5.10 Å². The van der Waals surface area contributed by atoms with Crippen molar-refractivity contribution >= 4 is 5.84 Å². The fourth-order valence-electron chi connectivity index (χ4n) is 2.41. The van der Waals surface area contributed by atoms with E-state index < -0.39 is 0 Å². The summed E-state index contributed by atoms with van der Waals surface area (Å²) in [5.41, 5.74) is 1.92. The summed E-state index contributed by atoms with van der Waals surface area (Å²) in [6.45, 7) is 0.549. The number of pyridine rings is 1. The van der Waals surface area contributed by atoms with Crippen LogP contribution in [-0.2, 0) is 6.42 Å². The van der Waals surface area contributed by atoms with Gasteiger partial charge < -0.3 is 9.75 Å². The summed E-state index contributed by atoms with van der Waals surface area (Å²) < 4.78 is 7.90. The minimum absolute atomic E-state index is 0.549. The van der Waals surface area contributed by atoms with Crippen LogP contribution in [0.4, 0.5) is 0 Å². The summed E-state index contributed by atoms with van der Waals surface area (Å²) in [5, 5.41) is 6.36. The van der Waals surface area contributed by atoms with Crippen LogP contribution in [0, 0.1) is 0 Å². The lowest BCUT2D eigenvalue weighted by atomic mass is 10.1. The zero-order chi connectivity index (χ0) is 17.5. The number of imidazole rings is 1. The number of benzene rings is 1. The Labute approximate surface area is 147 Å². The van der Waals surface area contributed by atoms with Crippen LogP contribution in [0.3, 0.4) is 0 Å². The van der Waals surface area contributed by atoms with Crippen LogP contribution < -0.4 is 4.74 Å². The standard InChI is InChI=1S/C19H21N5O/c1-23(2)22-19(24-13-12-20-15-24)17-8-3-4-9-18(17)25-14-10-16-7-5-6-11-21-16/h3-9,11-13,15H,10,14H2,1-2H3. The number of hydrogen-bond donors (Lipinski definition) is 0. The Bertz CT molecular complexity index is 813. The molecular formula is C19H21N5O. The van der Waals surface area contributed by atoms with E-state index in [1.807, 2.05) is 67.3 Å². The minimum Gasteiger partial charge on any atom is -0.492 e. The Balaban J connectivity index is 1.82. The Morgan fingerprint density at radius 1 is 1.12 bits per heavy atom. The van der Waals surface area contributed by atoms with Gasteiger partial charge in [-0.25, -0.2) is 4.98 Å². The first-order valence-corrected chi connectivity index (χ1v) is 8.10. The maximum absolute atomic E-state index is 6.03. The molecule has 6 heteroatoms. The third kappa shape index (κ3) is 4.44. The minimum atomic E-state index is 0.549. The van der Waals surface area contributed by atoms with Gasteiger partial charge in [-0.1, -0.05) is 18.2 Å². The molecule has 0 saturated carbocycles. The molecule has 0 N–H and O–H groups in total. The Morgan fingerprint density at radius 3 is 2.68 bits per heavy atom. The number of para-hydroxylation sites is 1. The van der Waals surface area contributed by atoms with Crippen molar-refractivity contribution in [2.75, 3.05) is 20.7 Å². The lowest BCUT2D eigenvalue weighted by Crippen LogP contribution is -2.18. The van der Waals surface area contributed by atoms with Gasteiger partial charge in [0.05, 0.1) is 12.2 Å². The molecule has 25 heavy (non-hydrogen) atoms. The molecule has 0 saturated heterocycles. The number of nitrogens with zero attached hydrogens (tertiary/aromatic N) is 5. The van der Waals surface area contributed by atoms with E-state index in [9.17, 15) is 0 Å². The molecule has 0 atom stereocenters. The maximum Gasteiger partial charge on any atom is 0.168 e. The van der Waals surface area contributed by atoms with Gasteiger partial charge in [0.2, 0.25) is 0 Å². The molecule has 2 aromatic heterocycles. The van der Waals surface area contributed by atoms with E-state index in [-0.39, 0.29) is 0 Å². The van der Waals surface area contributed by atoms with E-state index in [0.29, 0.717) is 6.61 Å². The van der Waals surface area contributed by atoms with Crippen LogP contribution in [-0.4, -0.2) is 46.1 Å². The van der Waals surface area contributed by atoms with Crippen LogP contribution in [0.1, 0.15) is 11.3 Å². The first-order valence-electron chi connectivity index (χ1n) is 8.10. The zero-order valence-corrected chi connectivity index (χ0v) is 14.4. The summed E-state index contributed by atoms with van der Waals surface area (Å²) in [4.78, 5) is 8.45. The molecule has 0 fully saturated rings. The highest BCUT2D eigenvalue weighted by Gasteiger charge is 2.13. The Morgan fingerprint density at radius 2 is 1.96 bits per heavy atom. The van der Waals surface area contributed by atoms with Crippen molar-refractivity contribution in [1.82, 2.24) is 19.5 Å². The van der Waals surface area contributed by atoms with Gasteiger partial charge in [0.1, 0.15) is 12.1 Å². The van der Waals surface area contributed by atoms with Gasteiger partial charge in [-0.3, -0.25) is 9.55 Å². The van der Waals surface area contributed by atoms with Gasteiger partial charge in [0.15, 0.2) is 5.84 Å².